The van der Waals surface area contributed by atoms with Gasteiger partial charge in [0.15, 0.2) is 11.0 Å². The van der Waals surface area contributed by atoms with E-state index in [0.717, 1.165) is 12.0 Å². The van der Waals surface area contributed by atoms with E-state index in [2.05, 4.69) is 25.8 Å². The Bertz CT molecular complexity index is 773. The molecule has 1 unspecified atom stereocenters. The highest BCUT2D eigenvalue weighted by Crippen LogP contribution is 2.20. The Morgan fingerprint density at radius 1 is 1.33 bits per heavy atom. The molecule has 8 heteroatoms. The lowest BCUT2D eigenvalue weighted by Gasteiger charge is -2.15. The molecule has 0 saturated carbocycles. The maximum Gasteiger partial charge on any atom is 0.321 e. The van der Waals surface area contributed by atoms with E-state index in [0.29, 0.717) is 23.3 Å². The molecule has 3 aromatic rings. The first-order valence-electron chi connectivity index (χ1n) is 7.60. The highest BCUT2D eigenvalue weighted by molar-refractivity contribution is 7.13. The minimum absolute atomic E-state index is 0.374. The van der Waals surface area contributed by atoms with Crippen molar-refractivity contribution in [2.45, 2.75) is 25.8 Å². The van der Waals surface area contributed by atoms with Gasteiger partial charge in [0.2, 0.25) is 5.89 Å². The number of rotatable bonds is 6. The molecule has 0 radical (unpaired) electrons. The van der Waals surface area contributed by atoms with E-state index >= 15 is 0 Å². The van der Waals surface area contributed by atoms with Crippen LogP contribution < -0.4 is 10.6 Å². The van der Waals surface area contributed by atoms with Crippen LogP contribution in [0.5, 0.6) is 0 Å². The number of nitrogens with one attached hydrogen (secondary N) is 2. The zero-order valence-electron chi connectivity index (χ0n) is 13.1. The lowest BCUT2D eigenvalue weighted by molar-refractivity contribution is 0.249. The second-order valence-corrected chi connectivity index (χ2v) is 5.97. The average molecular weight is 343 g/mol. The summed E-state index contributed by atoms with van der Waals surface area (Å²) < 4.78 is 5.25. The van der Waals surface area contributed by atoms with Crippen LogP contribution in [-0.2, 0) is 6.42 Å². The van der Waals surface area contributed by atoms with E-state index in [9.17, 15) is 4.79 Å². The molecule has 2 N–H and O–H groups in total. The largest absolute Gasteiger partial charge is 0.339 e. The number of aromatic nitrogens is 3. The smallest absolute Gasteiger partial charge is 0.321 e. The van der Waals surface area contributed by atoms with Crippen molar-refractivity contribution in [1.29, 1.82) is 0 Å². The second kappa shape index (κ2) is 7.69. The number of nitrogens with zero attached hydrogens (tertiary/aromatic N) is 3. The Morgan fingerprint density at radius 2 is 2.17 bits per heavy atom. The molecule has 0 bridgehead atoms. The van der Waals surface area contributed by atoms with Crippen LogP contribution in [-0.4, -0.2) is 21.2 Å². The van der Waals surface area contributed by atoms with Crippen LogP contribution in [0.2, 0.25) is 0 Å². The van der Waals surface area contributed by atoms with Crippen molar-refractivity contribution in [3.8, 4) is 0 Å². The standard InChI is InChI=1S/C16H17N5O2S/c1-2-6-12-18-14(21-23-12)13(11-7-4-3-5-8-11)19-15(22)20-16-17-9-10-24-16/h3-5,7-10,13H,2,6H2,1H3,(H2,17,19,20,22). The Hall–Kier alpha value is -2.74. The van der Waals surface area contributed by atoms with Gasteiger partial charge in [-0.05, 0) is 12.0 Å². The van der Waals surface area contributed by atoms with Crippen molar-refractivity contribution in [2.75, 3.05) is 5.32 Å². The molecular weight excluding hydrogens is 326 g/mol. The van der Waals surface area contributed by atoms with Gasteiger partial charge in [-0.25, -0.2) is 9.78 Å². The number of anilines is 1. The third kappa shape index (κ3) is 3.96. The van der Waals surface area contributed by atoms with Crippen molar-refractivity contribution in [2.24, 2.45) is 0 Å². The highest BCUT2D eigenvalue weighted by Gasteiger charge is 2.22. The Kier molecular flexibility index (Phi) is 5.17. The van der Waals surface area contributed by atoms with Crippen molar-refractivity contribution >= 4 is 22.5 Å². The predicted molar refractivity (Wildman–Crippen MR) is 90.8 cm³/mol. The molecular formula is C16H17N5O2S. The van der Waals surface area contributed by atoms with Crippen LogP contribution in [0, 0.1) is 0 Å². The first-order valence-corrected chi connectivity index (χ1v) is 8.48. The molecule has 0 aliphatic carbocycles. The van der Waals surface area contributed by atoms with Crippen LogP contribution in [0.15, 0.2) is 46.4 Å². The molecule has 2 heterocycles. The van der Waals surface area contributed by atoms with Gasteiger partial charge in [-0.1, -0.05) is 42.4 Å². The molecule has 0 spiro atoms. The van der Waals surface area contributed by atoms with Crippen LogP contribution in [0.1, 0.15) is 36.7 Å². The molecule has 3 rings (SSSR count). The normalized spacial score (nSPS) is 11.9. The Balaban J connectivity index is 1.80. The van der Waals surface area contributed by atoms with E-state index in [-0.39, 0.29) is 6.03 Å². The van der Waals surface area contributed by atoms with Gasteiger partial charge in [0, 0.05) is 18.0 Å². The summed E-state index contributed by atoms with van der Waals surface area (Å²) in [4.78, 5) is 20.7. The van der Waals surface area contributed by atoms with Gasteiger partial charge < -0.3 is 9.84 Å². The summed E-state index contributed by atoms with van der Waals surface area (Å²) in [5.74, 6) is 0.995. The van der Waals surface area contributed by atoms with E-state index in [1.165, 1.54) is 11.3 Å². The lowest BCUT2D eigenvalue weighted by atomic mass is 10.1. The minimum Gasteiger partial charge on any atom is -0.339 e. The van der Waals surface area contributed by atoms with Gasteiger partial charge in [0.1, 0.15) is 6.04 Å². The fraction of sp³-hybridized carbons (Fsp3) is 0.250. The van der Waals surface area contributed by atoms with Crippen molar-refractivity contribution in [1.82, 2.24) is 20.4 Å². The zero-order chi connectivity index (χ0) is 16.8. The van der Waals surface area contributed by atoms with Crippen molar-refractivity contribution < 1.29 is 9.32 Å². The highest BCUT2D eigenvalue weighted by atomic mass is 32.1. The van der Waals surface area contributed by atoms with Crippen LogP contribution in [0.4, 0.5) is 9.93 Å². The predicted octanol–water partition coefficient (Wildman–Crippen LogP) is 3.39. The number of aryl methyl sites for hydroxylation is 1. The SMILES string of the molecule is CCCc1nc(C(NC(=O)Nc2nccs2)c2ccccc2)no1. The molecule has 0 aliphatic rings. The summed E-state index contributed by atoms with van der Waals surface area (Å²) in [7, 11) is 0. The molecule has 124 valence electrons. The first kappa shape index (κ1) is 16.1. The van der Waals surface area contributed by atoms with Gasteiger partial charge in [0.25, 0.3) is 0 Å². The molecule has 0 aliphatic heterocycles. The minimum atomic E-state index is -0.500. The Labute approximate surface area is 143 Å². The quantitative estimate of drug-likeness (QED) is 0.715. The summed E-state index contributed by atoms with van der Waals surface area (Å²) in [6.07, 6.45) is 3.25. The maximum atomic E-state index is 12.3. The zero-order valence-corrected chi connectivity index (χ0v) is 13.9. The van der Waals surface area contributed by atoms with Crippen molar-refractivity contribution in [3.63, 3.8) is 0 Å². The van der Waals surface area contributed by atoms with Gasteiger partial charge in [0.05, 0.1) is 0 Å². The topological polar surface area (TPSA) is 92.9 Å². The number of carbonyl (C=O) groups excluding carboxylic acids is 1. The average Bonchev–Trinajstić information content (AvgIpc) is 3.26. The summed E-state index contributed by atoms with van der Waals surface area (Å²) in [6.45, 7) is 2.04. The van der Waals surface area contributed by atoms with Gasteiger partial charge in [-0.15, -0.1) is 11.3 Å². The molecule has 0 saturated heterocycles. The molecule has 1 atom stereocenters. The molecule has 24 heavy (non-hydrogen) atoms. The number of benzene rings is 1. The summed E-state index contributed by atoms with van der Waals surface area (Å²) in [5, 5.41) is 11.9. The molecule has 2 aromatic heterocycles. The van der Waals surface area contributed by atoms with Crippen LogP contribution in [0.3, 0.4) is 0 Å². The third-order valence-electron chi connectivity index (χ3n) is 3.27. The number of amides is 2. The summed E-state index contributed by atoms with van der Waals surface area (Å²) >= 11 is 1.35. The number of carbonyl (C=O) groups is 1. The monoisotopic (exact) mass is 343 g/mol. The third-order valence-corrected chi connectivity index (χ3v) is 3.96. The number of urea groups is 1. The fourth-order valence-electron chi connectivity index (χ4n) is 2.19. The molecule has 7 nitrogen and oxygen atoms in total. The Morgan fingerprint density at radius 3 is 2.88 bits per heavy atom. The van der Waals surface area contributed by atoms with Gasteiger partial charge in [-0.3, -0.25) is 5.32 Å². The molecule has 1 aromatic carbocycles. The number of hydrogen-bond donors (Lipinski definition) is 2. The first-order chi connectivity index (χ1) is 11.8. The maximum absolute atomic E-state index is 12.3. The van der Waals surface area contributed by atoms with Crippen LogP contribution in [0.25, 0.3) is 0 Å². The van der Waals surface area contributed by atoms with Crippen molar-refractivity contribution in [3.05, 3.63) is 59.2 Å². The van der Waals surface area contributed by atoms with E-state index < -0.39 is 6.04 Å². The van der Waals surface area contributed by atoms with E-state index in [1.54, 1.807) is 11.6 Å². The summed E-state index contributed by atoms with van der Waals surface area (Å²) in [5.41, 5.74) is 0.871. The summed E-state index contributed by atoms with van der Waals surface area (Å²) in [6, 6.07) is 8.65. The number of thiazole rings is 1. The van der Waals surface area contributed by atoms with E-state index in [4.69, 9.17) is 4.52 Å². The van der Waals surface area contributed by atoms with E-state index in [1.807, 2.05) is 37.3 Å². The molecule has 0 fully saturated rings. The lowest BCUT2D eigenvalue weighted by Crippen LogP contribution is -2.33. The van der Waals surface area contributed by atoms with Gasteiger partial charge >= 0.3 is 6.03 Å². The molecule has 2 amide bonds. The second-order valence-electron chi connectivity index (χ2n) is 5.08. The van der Waals surface area contributed by atoms with Crippen LogP contribution >= 0.6 is 11.3 Å². The fourth-order valence-corrected chi connectivity index (χ4v) is 2.72. The number of hydrogen-bond acceptors (Lipinski definition) is 6. The van der Waals surface area contributed by atoms with Gasteiger partial charge in [-0.2, -0.15) is 4.98 Å².